The molecule has 0 fully saturated rings. The third kappa shape index (κ3) is 4.68. The van der Waals surface area contributed by atoms with Crippen molar-refractivity contribution in [2.75, 3.05) is 0 Å². The molecule has 0 saturated heterocycles. The average Bonchev–Trinajstić information content (AvgIpc) is 3.44. The second kappa shape index (κ2) is 8.75. The molecule has 1 unspecified atom stereocenters. The number of fused-ring (bicyclic) bond motifs is 1. The molecule has 9 nitrogen and oxygen atoms in total. The Labute approximate surface area is 183 Å². The number of nitrogens with zero attached hydrogens (tertiary/aromatic N) is 6. The fourth-order valence-electron chi connectivity index (χ4n) is 3.29. The van der Waals surface area contributed by atoms with Crippen LogP contribution < -0.4 is 5.32 Å². The van der Waals surface area contributed by atoms with E-state index in [1.54, 1.807) is 41.0 Å². The summed E-state index contributed by atoms with van der Waals surface area (Å²) in [6.45, 7) is 6.14. The number of aliphatic hydroxyl groups excluding tert-OH is 1. The second-order valence-corrected chi connectivity index (χ2v) is 7.67. The van der Waals surface area contributed by atoms with Gasteiger partial charge in [-0.05, 0) is 19.1 Å². The summed E-state index contributed by atoms with van der Waals surface area (Å²) in [5.74, 6) is 0.471. The third-order valence-electron chi connectivity index (χ3n) is 4.75. The van der Waals surface area contributed by atoms with Gasteiger partial charge in [-0.1, -0.05) is 18.2 Å². The number of amides is 1. The molecule has 1 atom stereocenters. The van der Waals surface area contributed by atoms with Crippen LogP contribution in [0.3, 0.4) is 0 Å². The maximum Gasteiger partial charge on any atom is 0.254 e. The monoisotopic (exact) mass is 439 g/mol. The Balaban J connectivity index is 1.41. The van der Waals surface area contributed by atoms with Crippen LogP contribution in [0, 0.1) is 0 Å². The number of rotatable bonds is 8. The van der Waals surface area contributed by atoms with E-state index < -0.39 is 6.10 Å². The number of pyridine rings is 1. The van der Waals surface area contributed by atoms with E-state index in [4.69, 9.17) is 11.6 Å². The first-order valence-corrected chi connectivity index (χ1v) is 10.1. The van der Waals surface area contributed by atoms with Crippen molar-refractivity contribution >= 4 is 29.2 Å². The van der Waals surface area contributed by atoms with Gasteiger partial charge in [0.25, 0.3) is 5.91 Å². The molecule has 10 heteroatoms. The van der Waals surface area contributed by atoms with Crippen molar-refractivity contribution in [3.05, 3.63) is 77.6 Å². The zero-order valence-corrected chi connectivity index (χ0v) is 17.7. The predicted molar refractivity (Wildman–Crippen MR) is 117 cm³/mol. The standard InChI is InChI=1S/C21H22ClN7O2/c1-3-27-11-17(26-20(27)6-14(2)30)12-29-10-15(8-25-29)21(31)23-9-18-19-7-16(22)4-5-28(19)13-24-18/h3-5,7-8,10-11,13-14,30H,1,6,9,12H2,2H3,(H,23,31). The van der Waals surface area contributed by atoms with Crippen molar-refractivity contribution in [1.29, 1.82) is 0 Å². The Morgan fingerprint density at radius 3 is 3.03 bits per heavy atom. The highest BCUT2D eigenvalue weighted by Gasteiger charge is 2.13. The fourth-order valence-corrected chi connectivity index (χ4v) is 3.45. The number of aromatic nitrogens is 6. The number of carbonyl (C=O) groups excluding carboxylic acids is 1. The lowest BCUT2D eigenvalue weighted by molar-refractivity contribution is 0.0950. The number of imidazole rings is 2. The SMILES string of the molecule is C=Cn1cc(Cn2cc(C(=O)NCc3ncn4ccc(Cl)cc34)cn2)nc1CC(C)O. The molecule has 1 amide bonds. The lowest BCUT2D eigenvalue weighted by atomic mass is 10.3. The van der Waals surface area contributed by atoms with Gasteiger partial charge in [-0.3, -0.25) is 9.48 Å². The van der Waals surface area contributed by atoms with Crippen LogP contribution in [0.1, 0.15) is 34.5 Å². The van der Waals surface area contributed by atoms with E-state index in [0.29, 0.717) is 23.6 Å². The molecule has 160 valence electrons. The van der Waals surface area contributed by atoms with Gasteiger partial charge in [-0.25, -0.2) is 9.97 Å². The Kier molecular flexibility index (Phi) is 5.88. The van der Waals surface area contributed by atoms with Crippen LogP contribution in [0.2, 0.25) is 5.02 Å². The normalized spacial score (nSPS) is 12.2. The molecule has 4 heterocycles. The molecular formula is C21H22ClN7O2. The molecule has 0 radical (unpaired) electrons. The zero-order valence-electron chi connectivity index (χ0n) is 16.9. The van der Waals surface area contributed by atoms with Gasteiger partial charge < -0.3 is 19.4 Å². The van der Waals surface area contributed by atoms with E-state index in [2.05, 4.69) is 27.0 Å². The van der Waals surface area contributed by atoms with Crippen LogP contribution in [0.15, 0.2) is 49.8 Å². The van der Waals surface area contributed by atoms with Crippen molar-refractivity contribution in [2.45, 2.75) is 32.5 Å². The Morgan fingerprint density at radius 1 is 1.42 bits per heavy atom. The first-order valence-electron chi connectivity index (χ1n) is 9.72. The van der Waals surface area contributed by atoms with Gasteiger partial charge in [-0.2, -0.15) is 5.10 Å². The minimum absolute atomic E-state index is 0.249. The maximum absolute atomic E-state index is 12.5. The highest BCUT2D eigenvalue weighted by atomic mass is 35.5. The summed E-state index contributed by atoms with van der Waals surface area (Å²) in [5, 5.41) is 17.3. The Hall–Kier alpha value is -3.43. The molecule has 0 saturated carbocycles. The van der Waals surface area contributed by atoms with E-state index in [9.17, 15) is 9.90 Å². The van der Waals surface area contributed by atoms with Gasteiger partial charge in [0.2, 0.25) is 0 Å². The van der Waals surface area contributed by atoms with E-state index in [0.717, 1.165) is 22.7 Å². The molecular weight excluding hydrogens is 418 g/mol. The van der Waals surface area contributed by atoms with Gasteiger partial charge in [0.05, 0.1) is 54.2 Å². The van der Waals surface area contributed by atoms with Gasteiger partial charge >= 0.3 is 0 Å². The van der Waals surface area contributed by atoms with Crippen molar-refractivity contribution < 1.29 is 9.90 Å². The highest BCUT2D eigenvalue weighted by Crippen LogP contribution is 2.16. The summed E-state index contributed by atoms with van der Waals surface area (Å²) in [4.78, 5) is 21.4. The van der Waals surface area contributed by atoms with Crippen molar-refractivity contribution in [3.8, 4) is 0 Å². The molecule has 31 heavy (non-hydrogen) atoms. The van der Waals surface area contributed by atoms with Gasteiger partial charge in [0.15, 0.2) is 0 Å². The first-order chi connectivity index (χ1) is 14.9. The average molecular weight is 440 g/mol. The zero-order chi connectivity index (χ0) is 22.0. The van der Waals surface area contributed by atoms with E-state index >= 15 is 0 Å². The van der Waals surface area contributed by atoms with Crippen LogP contribution in [0.5, 0.6) is 0 Å². The van der Waals surface area contributed by atoms with Crippen molar-refractivity contribution in [3.63, 3.8) is 0 Å². The maximum atomic E-state index is 12.5. The van der Waals surface area contributed by atoms with E-state index in [1.807, 2.05) is 22.9 Å². The van der Waals surface area contributed by atoms with E-state index in [1.165, 1.54) is 6.20 Å². The summed E-state index contributed by atoms with van der Waals surface area (Å²) in [6, 6.07) is 3.58. The largest absolute Gasteiger partial charge is 0.393 e. The Morgan fingerprint density at radius 2 is 2.26 bits per heavy atom. The molecule has 0 spiro atoms. The summed E-state index contributed by atoms with van der Waals surface area (Å²) >= 11 is 6.06. The van der Waals surface area contributed by atoms with Gasteiger partial charge in [-0.15, -0.1) is 0 Å². The van der Waals surface area contributed by atoms with Crippen molar-refractivity contribution in [1.82, 2.24) is 34.0 Å². The number of halogens is 1. The lowest BCUT2D eigenvalue weighted by Gasteiger charge is -2.03. The smallest absolute Gasteiger partial charge is 0.254 e. The molecule has 0 aromatic carbocycles. The number of aliphatic hydroxyl groups is 1. The molecule has 4 aromatic heterocycles. The van der Waals surface area contributed by atoms with Crippen LogP contribution in [-0.4, -0.2) is 45.8 Å². The van der Waals surface area contributed by atoms with Gasteiger partial charge in [0.1, 0.15) is 5.82 Å². The fraction of sp³-hybridized carbons (Fsp3) is 0.238. The second-order valence-electron chi connectivity index (χ2n) is 7.23. The predicted octanol–water partition coefficient (Wildman–Crippen LogP) is 2.38. The minimum Gasteiger partial charge on any atom is -0.393 e. The molecule has 4 rings (SSSR count). The molecule has 2 N–H and O–H groups in total. The molecule has 0 bridgehead atoms. The lowest BCUT2D eigenvalue weighted by Crippen LogP contribution is -2.22. The summed E-state index contributed by atoms with van der Waals surface area (Å²) in [5.41, 5.74) is 2.76. The summed E-state index contributed by atoms with van der Waals surface area (Å²) < 4.78 is 5.27. The quantitative estimate of drug-likeness (QED) is 0.439. The molecule has 0 aliphatic heterocycles. The number of carbonyl (C=O) groups is 1. The van der Waals surface area contributed by atoms with Crippen molar-refractivity contribution in [2.24, 2.45) is 0 Å². The number of hydrogen-bond acceptors (Lipinski definition) is 5. The van der Waals surface area contributed by atoms with Crippen LogP contribution in [0.4, 0.5) is 0 Å². The number of nitrogens with one attached hydrogen (secondary N) is 1. The van der Waals surface area contributed by atoms with Crippen LogP contribution in [0.25, 0.3) is 11.7 Å². The van der Waals surface area contributed by atoms with Gasteiger partial charge in [0, 0.05) is 36.2 Å². The molecule has 0 aliphatic rings. The first kappa shape index (κ1) is 20.8. The highest BCUT2D eigenvalue weighted by molar-refractivity contribution is 6.30. The van der Waals surface area contributed by atoms with Crippen LogP contribution in [-0.2, 0) is 19.5 Å². The van der Waals surface area contributed by atoms with Crippen LogP contribution >= 0.6 is 11.6 Å². The van der Waals surface area contributed by atoms with E-state index in [-0.39, 0.29) is 12.5 Å². The summed E-state index contributed by atoms with van der Waals surface area (Å²) in [7, 11) is 0. The summed E-state index contributed by atoms with van der Waals surface area (Å²) in [6.07, 6.45) is 10.1. The third-order valence-corrected chi connectivity index (χ3v) is 4.99. The molecule has 4 aromatic rings. The topological polar surface area (TPSA) is 102 Å². The minimum atomic E-state index is -0.502. The Bertz CT molecular complexity index is 1240. The molecule has 0 aliphatic carbocycles. The number of hydrogen-bond donors (Lipinski definition) is 2.